The van der Waals surface area contributed by atoms with E-state index in [-0.39, 0.29) is 5.41 Å². The fraction of sp³-hybridized carbons (Fsp3) is 0.286. The van der Waals surface area contributed by atoms with Crippen LogP contribution in [0.4, 0.5) is 0 Å². The number of rotatable bonds is 2. The first-order valence-corrected chi connectivity index (χ1v) is 6.68. The van der Waals surface area contributed by atoms with Gasteiger partial charge in [0, 0.05) is 15.7 Å². The third kappa shape index (κ3) is 1.75. The molecular formula is C14H12BrN3. The Kier molecular flexibility index (Phi) is 2.53. The number of hydrogen-bond donors (Lipinski definition) is 1. The second-order valence-corrected chi connectivity index (χ2v) is 5.68. The second kappa shape index (κ2) is 3.96. The molecule has 3 rings (SSSR count). The number of nitrogens with one attached hydrogen (secondary N) is 1. The average molecular weight is 302 g/mol. The van der Waals surface area contributed by atoms with Crippen LogP contribution in [0.2, 0.25) is 0 Å². The molecule has 0 aliphatic heterocycles. The third-order valence-corrected chi connectivity index (χ3v) is 3.95. The van der Waals surface area contributed by atoms with E-state index < -0.39 is 0 Å². The molecule has 1 heterocycles. The Bertz CT molecular complexity index is 630. The second-order valence-electron chi connectivity index (χ2n) is 4.76. The third-order valence-electron chi connectivity index (χ3n) is 3.42. The molecule has 0 amide bonds. The fourth-order valence-electron chi connectivity index (χ4n) is 2.10. The molecule has 0 bridgehead atoms. The molecule has 0 spiro atoms. The quantitative estimate of drug-likeness (QED) is 0.919. The number of aryl methyl sites for hydroxylation is 1. The number of nitrogens with zero attached hydrogens (tertiary/aromatic N) is 2. The van der Waals surface area contributed by atoms with Gasteiger partial charge in [-0.2, -0.15) is 5.26 Å². The highest BCUT2D eigenvalue weighted by Crippen LogP contribution is 2.46. The maximum Gasteiger partial charge on any atom is 0.127 e. The van der Waals surface area contributed by atoms with Crippen LogP contribution in [0.25, 0.3) is 11.3 Å². The molecule has 0 saturated heterocycles. The molecule has 0 unspecified atom stereocenters. The smallest absolute Gasteiger partial charge is 0.127 e. The van der Waals surface area contributed by atoms with E-state index in [0.717, 1.165) is 40.1 Å². The van der Waals surface area contributed by atoms with Crippen molar-refractivity contribution in [2.24, 2.45) is 0 Å². The van der Waals surface area contributed by atoms with Gasteiger partial charge in [0.15, 0.2) is 0 Å². The van der Waals surface area contributed by atoms with Crippen molar-refractivity contribution < 1.29 is 0 Å². The Balaban J connectivity index is 2.04. The Morgan fingerprint density at radius 2 is 2.00 bits per heavy atom. The minimum absolute atomic E-state index is 0.349. The summed E-state index contributed by atoms with van der Waals surface area (Å²) in [6.07, 6.45) is 1.83. The zero-order valence-electron chi connectivity index (χ0n) is 10.00. The van der Waals surface area contributed by atoms with E-state index in [1.165, 1.54) is 0 Å². The molecule has 1 aliphatic carbocycles. The van der Waals surface area contributed by atoms with E-state index in [9.17, 15) is 5.26 Å². The van der Waals surface area contributed by atoms with E-state index in [0.29, 0.717) is 0 Å². The lowest BCUT2D eigenvalue weighted by atomic mass is 10.1. The zero-order valence-corrected chi connectivity index (χ0v) is 11.6. The first-order valence-electron chi connectivity index (χ1n) is 5.89. The van der Waals surface area contributed by atoms with E-state index >= 15 is 0 Å². The zero-order chi connectivity index (χ0) is 12.8. The Morgan fingerprint density at radius 3 is 2.56 bits per heavy atom. The standard InChI is InChI=1S/C14H12BrN3/c1-9-12(10-2-4-11(15)5-3-10)18-13(17-9)14(8-16)6-7-14/h2-5H,6-7H2,1H3,(H,17,18). The summed E-state index contributed by atoms with van der Waals surface area (Å²) in [5.41, 5.74) is 2.69. The average Bonchev–Trinajstić information content (AvgIpc) is 3.08. The number of H-pyrrole nitrogens is 1. The van der Waals surface area contributed by atoms with Crippen molar-refractivity contribution in [2.75, 3.05) is 0 Å². The number of benzene rings is 1. The molecule has 1 fully saturated rings. The molecule has 3 nitrogen and oxygen atoms in total. The number of halogens is 1. The lowest BCUT2D eigenvalue weighted by Gasteiger charge is -1.99. The van der Waals surface area contributed by atoms with E-state index in [2.05, 4.69) is 32.0 Å². The number of aromatic amines is 1. The van der Waals surface area contributed by atoms with Crippen LogP contribution in [0.3, 0.4) is 0 Å². The van der Waals surface area contributed by atoms with Crippen LogP contribution in [-0.4, -0.2) is 9.97 Å². The van der Waals surface area contributed by atoms with Gasteiger partial charge < -0.3 is 4.98 Å². The number of hydrogen-bond acceptors (Lipinski definition) is 2. The van der Waals surface area contributed by atoms with Crippen molar-refractivity contribution in [3.63, 3.8) is 0 Å². The number of aromatic nitrogens is 2. The van der Waals surface area contributed by atoms with Gasteiger partial charge in [0.1, 0.15) is 11.2 Å². The van der Waals surface area contributed by atoms with Crippen molar-refractivity contribution in [1.82, 2.24) is 9.97 Å². The van der Waals surface area contributed by atoms with Crippen LogP contribution in [0, 0.1) is 18.3 Å². The Labute approximate surface area is 114 Å². The normalized spacial score (nSPS) is 16.3. The molecule has 1 N–H and O–H groups in total. The predicted molar refractivity (Wildman–Crippen MR) is 73.0 cm³/mol. The molecule has 1 aromatic heterocycles. The minimum Gasteiger partial charge on any atom is -0.344 e. The summed E-state index contributed by atoms with van der Waals surface area (Å²) in [6.45, 7) is 2.00. The highest BCUT2D eigenvalue weighted by molar-refractivity contribution is 9.10. The lowest BCUT2D eigenvalue weighted by molar-refractivity contribution is 0.818. The highest BCUT2D eigenvalue weighted by atomic mass is 79.9. The van der Waals surface area contributed by atoms with Gasteiger partial charge in [-0.15, -0.1) is 0 Å². The lowest BCUT2D eigenvalue weighted by Crippen LogP contribution is -2.04. The molecule has 0 radical (unpaired) electrons. The SMILES string of the molecule is Cc1[nH]c(C2(C#N)CC2)nc1-c1ccc(Br)cc1. The summed E-state index contributed by atoms with van der Waals surface area (Å²) in [5.74, 6) is 0.820. The maximum atomic E-state index is 9.20. The van der Waals surface area contributed by atoms with Gasteiger partial charge in [-0.25, -0.2) is 4.98 Å². The molecule has 1 aliphatic rings. The first kappa shape index (κ1) is 11.5. The molecule has 0 atom stereocenters. The first-order chi connectivity index (χ1) is 8.64. The van der Waals surface area contributed by atoms with Crippen molar-refractivity contribution in [3.05, 3.63) is 40.3 Å². The summed E-state index contributed by atoms with van der Waals surface area (Å²) in [4.78, 5) is 7.89. The van der Waals surface area contributed by atoms with Crippen LogP contribution in [0.15, 0.2) is 28.7 Å². The molecular weight excluding hydrogens is 290 g/mol. The van der Waals surface area contributed by atoms with E-state index in [4.69, 9.17) is 0 Å². The van der Waals surface area contributed by atoms with Gasteiger partial charge in [-0.05, 0) is 31.9 Å². The van der Waals surface area contributed by atoms with Crippen LogP contribution in [0.1, 0.15) is 24.4 Å². The highest BCUT2D eigenvalue weighted by Gasteiger charge is 2.48. The van der Waals surface area contributed by atoms with E-state index in [1.807, 2.05) is 31.2 Å². The fourth-order valence-corrected chi connectivity index (χ4v) is 2.37. The maximum absolute atomic E-state index is 9.20. The minimum atomic E-state index is -0.349. The van der Waals surface area contributed by atoms with Gasteiger partial charge in [0.25, 0.3) is 0 Å². The van der Waals surface area contributed by atoms with E-state index in [1.54, 1.807) is 0 Å². The Hall–Kier alpha value is -1.60. The van der Waals surface area contributed by atoms with Crippen molar-refractivity contribution in [2.45, 2.75) is 25.2 Å². The van der Waals surface area contributed by atoms with Crippen LogP contribution in [0.5, 0.6) is 0 Å². The van der Waals surface area contributed by atoms with Crippen LogP contribution in [-0.2, 0) is 5.41 Å². The van der Waals surface area contributed by atoms with Crippen LogP contribution < -0.4 is 0 Å². The largest absolute Gasteiger partial charge is 0.344 e. The van der Waals surface area contributed by atoms with Crippen LogP contribution >= 0.6 is 15.9 Å². The molecule has 4 heteroatoms. The summed E-state index contributed by atoms with van der Waals surface area (Å²) >= 11 is 3.42. The van der Waals surface area contributed by atoms with Gasteiger partial charge in [0.05, 0.1) is 11.8 Å². The van der Waals surface area contributed by atoms with Gasteiger partial charge in [0.2, 0.25) is 0 Å². The van der Waals surface area contributed by atoms with Gasteiger partial charge in [-0.1, -0.05) is 28.1 Å². The molecule has 1 saturated carbocycles. The predicted octanol–water partition coefficient (Wildman–Crippen LogP) is 3.70. The number of imidazole rings is 1. The molecule has 18 heavy (non-hydrogen) atoms. The summed E-state index contributed by atoms with van der Waals surface area (Å²) in [7, 11) is 0. The molecule has 2 aromatic rings. The van der Waals surface area contributed by atoms with Crippen molar-refractivity contribution in [3.8, 4) is 17.3 Å². The van der Waals surface area contributed by atoms with Gasteiger partial charge in [-0.3, -0.25) is 0 Å². The van der Waals surface area contributed by atoms with Crippen molar-refractivity contribution >= 4 is 15.9 Å². The van der Waals surface area contributed by atoms with Crippen molar-refractivity contribution in [1.29, 1.82) is 5.26 Å². The summed E-state index contributed by atoms with van der Waals surface area (Å²) < 4.78 is 1.05. The van der Waals surface area contributed by atoms with Gasteiger partial charge >= 0.3 is 0 Å². The number of nitriles is 1. The Morgan fingerprint density at radius 1 is 1.33 bits per heavy atom. The summed E-state index contributed by atoms with van der Waals surface area (Å²) in [6, 6.07) is 10.4. The summed E-state index contributed by atoms with van der Waals surface area (Å²) in [5, 5.41) is 9.20. The molecule has 1 aromatic carbocycles. The molecule has 90 valence electrons. The monoisotopic (exact) mass is 301 g/mol. The topological polar surface area (TPSA) is 52.5 Å².